The average Bonchev–Trinajstić information content (AvgIpc) is 2.70. The molecule has 5 heteroatoms. The summed E-state index contributed by atoms with van der Waals surface area (Å²) in [4.78, 5) is 26.4. The highest BCUT2D eigenvalue weighted by Crippen LogP contribution is 2.18. The van der Waals surface area contributed by atoms with Crippen LogP contribution in [0.2, 0.25) is 0 Å². The second-order valence-corrected chi connectivity index (χ2v) is 6.14. The first kappa shape index (κ1) is 15.7. The van der Waals surface area contributed by atoms with Crippen molar-refractivity contribution in [2.45, 2.75) is 40.3 Å². The van der Waals surface area contributed by atoms with E-state index in [1.807, 2.05) is 32.2 Å². The van der Waals surface area contributed by atoms with Gasteiger partial charge < -0.3 is 10.2 Å². The van der Waals surface area contributed by atoms with Crippen LogP contribution in [0.15, 0.2) is 11.4 Å². The molecule has 0 aliphatic heterocycles. The maximum absolute atomic E-state index is 12.4. The minimum Gasteiger partial charge on any atom is -0.344 e. The predicted molar refractivity (Wildman–Crippen MR) is 78.0 cm³/mol. The summed E-state index contributed by atoms with van der Waals surface area (Å²) in [6.07, 6.45) is 0. The second-order valence-electron chi connectivity index (χ2n) is 5.14. The van der Waals surface area contributed by atoms with Crippen molar-refractivity contribution >= 4 is 23.2 Å². The van der Waals surface area contributed by atoms with E-state index in [0.29, 0.717) is 6.54 Å². The number of aryl methyl sites for hydroxylation is 1. The smallest absolute Gasteiger partial charge is 0.245 e. The van der Waals surface area contributed by atoms with Gasteiger partial charge in [0.05, 0.1) is 6.54 Å². The second kappa shape index (κ2) is 6.70. The van der Waals surface area contributed by atoms with Gasteiger partial charge in [0.2, 0.25) is 11.8 Å². The molecule has 0 spiro atoms. The van der Waals surface area contributed by atoms with Crippen LogP contribution in [-0.4, -0.2) is 29.8 Å². The Bertz CT molecular complexity index is 454. The Morgan fingerprint density at radius 3 is 2.47 bits per heavy atom. The zero-order valence-corrected chi connectivity index (χ0v) is 13.0. The highest BCUT2D eigenvalue weighted by Gasteiger charge is 2.26. The highest BCUT2D eigenvalue weighted by atomic mass is 32.1. The van der Waals surface area contributed by atoms with Crippen LogP contribution in [0.5, 0.6) is 0 Å². The number of likely N-dealkylation sites (N-methyl/N-ethyl adjacent to an activating group) is 1. The summed E-state index contributed by atoms with van der Waals surface area (Å²) in [5, 5.41) is 4.75. The summed E-state index contributed by atoms with van der Waals surface area (Å²) < 4.78 is 0. The molecule has 0 bridgehead atoms. The van der Waals surface area contributed by atoms with Gasteiger partial charge in [-0.2, -0.15) is 0 Å². The minimum atomic E-state index is -0.456. The van der Waals surface area contributed by atoms with Gasteiger partial charge in [-0.1, -0.05) is 13.8 Å². The molecule has 0 saturated heterocycles. The van der Waals surface area contributed by atoms with Crippen LogP contribution in [0.4, 0.5) is 0 Å². The normalized spacial score (nSPS) is 12.3. The molecule has 0 fully saturated rings. The molecule has 1 heterocycles. The number of nitrogens with one attached hydrogen (secondary N) is 1. The number of carbonyl (C=O) groups is 2. The molecule has 1 atom stereocenters. The van der Waals surface area contributed by atoms with E-state index < -0.39 is 6.04 Å². The fourth-order valence-electron chi connectivity index (χ4n) is 1.83. The minimum absolute atomic E-state index is 0.0435. The summed E-state index contributed by atoms with van der Waals surface area (Å²) >= 11 is 1.65. The molecule has 0 radical (unpaired) electrons. The van der Waals surface area contributed by atoms with Gasteiger partial charge in [0, 0.05) is 18.8 Å². The Balaban J connectivity index is 2.73. The maximum Gasteiger partial charge on any atom is 0.245 e. The number of hydrogen-bond acceptors (Lipinski definition) is 3. The van der Waals surface area contributed by atoms with E-state index in [1.165, 1.54) is 17.4 Å². The Hall–Kier alpha value is -1.36. The van der Waals surface area contributed by atoms with Crippen LogP contribution in [-0.2, 0) is 16.1 Å². The molecule has 0 aliphatic rings. The van der Waals surface area contributed by atoms with Crippen molar-refractivity contribution in [3.05, 3.63) is 21.9 Å². The van der Waals surface area contributed by atoms with Gasteiger partial charge in [-0.25, -0.2) is 0 Å². The third-order valence-corrected chi connectivity index (χ3v) is 4.02. The molecule has 0 saturated carbocycles. The van der Waals surface area contributed by atoms with Crippen molar-refractivity contribution in [1.82, 2.24) is 10.2 Å². The van der Waals surface area contributed by atoms with E-state index in [1.54, 1.807) is 23.3 Å². The first-order valence-corrected chi connectivity index (χ1v) is 7.26. The van der Waals surface area contributed by atoms with Crippen molar-refractivity contribution in [1.29, 1.82) is 0 Å². The number of nitrogens with zero attached hydrogens (tertiary/aromatic N) is 1. The molecule has 1 N–H and O–H groups in total. The lowest BCUT2D eigenvalue weighted by atomic mass is 10.0. The third-order valence-electron chi connectivity index (χ3n) is 3.02. The summed E-state index contributed by atoms with van der Waals surface area (Å²) in [6.45, 7) is 7.93. The molecular formula is C14H22N2O2S. The average molecular weight is 282 g/mol. The molecule has 0 aliphatic carbocycles. The van der Waals surface area contributed by atoms with Gasteiger partial charge in [-0.05, 0) is 29.9 Å². The number of rotatable bonds is 5. The van der Waals surface area contributed by atoms with Crippen molar-refractivity contribution in [2.75, 3.05) is 7.05 Å². The molecule has 0 aromatic carbocycles. The van der Waals surface area contributed by atoms with Gasteiger partial charge in [-0.3, -0.25) is 9.59 Å². The SMILES string of the molecule is CC(=O)NC(C(=O)N(C)Cc1sccc1C)C(C)C. The fraction of sp³-hybridized carbons (Fsp3) is 0.571. The van der Waals surface area contributed by atoms with Crippen LogP contribution in [0.25, 0.3) is 0 Å². The summed E-state index contributed by atoms with van der Waals surface area (Å²) in [5.41, 5.74) is 1.20. The van der Waals surface area contributed by atoms with Crippen LogP contribution < -0.4 is 5.32 Å². The van der Waals surface area contributed by atoms with Crippen molar-refractivity contribution in [3.63, 3.8) is 0 Å². The van der Waals surface area contributed by atoms with Gasteiger partial charge in [0.1, 0.15) is 6.04 Å². The number of carbonyl (C=O) groups excluding carboxylic acids is 2. The van der Waals surface area contributed by atoms with Gasteiger partial charge in [0.25, 0.3) is 0 Å². The first-order valence-electron chi connectivity index (χ1n) is 6.38. The molecule has 106 valence electrons. The van der Waals surface area contributed by atoms with Crippen LogP contribution in [0.1, 0.15) is 31.2 Å². The third kappa shape index (κ3) is 4.35. The maximum atomic E-state index is 12.4. The number of amides is 2. The molecule has 2 amide bonds. The first-order chi connectivity index (χ1) is 8.82. The molecule has 1 rings (SSSR count). The number of thiophene rings is 1. The number of hydrogen-bond donors (Lipinski definition) is 1. The van der Waals surface area contributed by atoms with Crippen molar-refractivity contribution in [3.8, 4) is 0 Å². The van der Waals surface area contributed by atoms with Gasteiger partial charge in [0.15, 0.2) is 0 Å². The van der Waals surface area contributed by atoms with Gasteiger partial charge in [-0.15, -0.1) is 11.3 Å². The molecule has 1 aromatic heterocycles. The quantitative estimate of drug-likeness (QED) is 0.900. The Kier molecular flexibility index (Phi) is 5.54. The lowest BCUT2D eigenvalue weighted by Crippen LogP contribution is -2.49. The van der Waals surface area contributed by atoms with Crippen LogP contribution in [0.3, 0.4) is 0 Å². The zero-order valence-electron chi connectivity index (χ0n) is 12.2. The van der Waals surface area contributed by atoms with E-state index in [9.17, 15) is 9.59 Å². The van der Waals surface area contributed by atoms with E-state index in [0.717, 1.165) is 0 Å². The summed E-state index contributed by atoms with van der Waals surface area (Å²) in [7, 11) is 1.78. The largest absolute Gasteiger partial charge is 0.344 e. The predicted octanol–water partition coefficient (Wildman–Crippen LogP) is 2.18. The molecule has 19 heavy (non-hydrogen) atoms. The summed E-state index contributed by atoms with van der Waals surface area (Å²) in [6, 6.07) is 1.59. The van der Waals surface area contributed by atoms with Crippen LogP contribution >= 0.6 is 11.3 Å². The monoisotopic (exact) mass is 282 g/mol. The Morgan fingerprint density at radius 2 is 2.05 bits per heavy atom. The molecule has 4 nitrogen and oxygen atoms in total. The standard InChI is InChI=1S/C14H22N2O2S/c1-9(2)13(15-11(4)17)14(18)16(5)8-12-10(3)6-7-19-12/h6-7,9,13H,8H2,1-5H3,(H,15,17). The van der Waals surface area contributed by atoms with E-state index in [-0.39, 0.29) is 17.7 Å². The highest BCUT2D eigenvalue weighted by molar-refractivity contribution is 7.10. The molecule has 1 aromatic rings. The van der Waals surface area contributed by atoms with Crippen molar-refractivity contribution < 1.29 is 9.59 Å². The topological polar surface area (TPSA) is 49.4 Å². The van der Waals surface area contributed by atoms with E-state index in [2.05, 4.69) is 5.32 Å². The molecular weight excluding hydrogens is 260 g/mol. The summed E-state index contributed by atoms with van der Waals surface area (Å²) in [5.74, 6) is -0.144. The molecule has 1 unspecified atom stereocenters. The van der Waals surface area contributed by atoms with E-state index >= 15 is 0 Å². The lowest BCUT2D eigenvalue weighted by molar-refractivity contribution is -0.136. The lowest BCUT2D eigenvalue weighted by Gasteiger charge is -2.26. The van der Waals surface area contributed by atoms with E-state index in [4.69, 9.17) is 0 Å². The zero-order chi connectivity index (χ0) is 14.6. The van der Waals surface area contributed by atoms with Gasteiger partial charge >= 0.3 is 0 Å². The Labute approximate surface area is 118 Å². The van der Waals surface area contributed by atoms with Crippen molar-refractivity contribution in [2.24, 2.45) is 5.92 Å². The fourth-order valence-corrected chi connectivity index (χ4v) is 2.79. The Morgan fingerprint density at radius 1 is 1.42 bits per heavy atom. The van der Waals surface area contributed by atoms with Crippen LogP contribution in [0, 0.1) is 12.8 Å².